The minimum atomic E-state index is -1.78. The van der Waals surface area contributed by atoms with Gasteiger partial charge in [0.2, 0.25) is 0 Å². The van der Waals surface area contributed by atoms with Gasteiger partial charge in [0.1, 0.15) is 5.82 Å². The summed E-state index contributed by atoms with van der Waals surface area (Å²) in [7, 11) is -1.78. The molecular formula is C43H43FGeIrN2SSi-2. The van der Waals surface area contributed by atoms with Gasteiger partial charge in [-0.05, 0) is 45.1 Å². The molecule has 0 saturated heterocycles. The molecule has 7 rings (SSSR count). The molecule has 0 aliphatic carbocycles. The first-order chi connectivity index (χ1) is 23.6. The summed E-state index contributed by atoms with van der Waals surface area (Å²) < 4.78 is 27.5. The Morgan fingerprint density at radius 3 is 2.24 bits per heavy atom. The molecule has 0 amide bonds. The molecule has 0 N–H and O–H groups in total. The second-order valence-corrected chi connectivity index (χ2v) is 31.5. The Balaban J connectivity index is 0.000000237. The molecule has 1 atom stereocenters. The smallest absolute Gasteiger partial charge is 0.132 e. The van der Waals surface area contributed by atoms with Crippen LogP contribution >= 0.6 is 11.3 Å². The van der Waals surface area contributed by atoms with Crippen molar-refractivity contribution in [2.24, 2.45) is 0 Å². The van der Waals surface area contributed by atoms with E-state index in [-0.39, 0.29) is 25.9 Å². The normalized spacial score (nSPS) is 13.2. The van der Waals surface area contributed by atoms with Crippen LogP contribution in [0.5, 0.6) is 0 Å². The van der Waals surface area contributed by atoms with Crippen LogP contribution in [0.2, 0.25) is 36.9 Å². The summed E-state index contributed by atoms with van der Waals surface area (Å²) in [5, 5.41) is 2.11. The van der Waals surface area contributed by atoms with Gasteiger partial charge in [0, 0.05) is 37.9 Å². The SMILES string of the molecule is Cc1cc(-c2[c-]cccc2)nc[c]1[Ge]([CH3])([CH3])[CH3].[2H]C(C)(c1ccnc(-c2[c-]ccc3c2sc2cc(F)c(-c4ccccc4)cc23)c1)[Si](C)(C)C.[Ir]. The Morgan fingerprint density at radius 1 is 0.840 bits per heavy atom. The molecule has 2 nitrogen and oxygen atoms in total. The minimum Gasteiger partial charge on any atom is -0.305 e. The van der Waals surface area contributed by atoms with Crippen LogP contribution in [-0.4, -0.2) is 31.3 Å². The second-order valence-electron chi connectivity index (χ2n) is 14.6. The van der Waals surface area contributed by atoms with Crippen molar-refractivity contribution in [3.05, 3.63) is 139 Å². The van der Waals surface area contributed by atoms with Crippen LogP contribution in [0.4, 0.5) is 4.39 Å². The van der Waals surface area contributed by atoms with Gasteiger partial charge >= 0.3 is 106 Å². The van der Waals surface area contributed by atoms with Crippen LogP contribution < -0.4 is 4.40 Å². The fourth-order valence-electron chi connectivity index (χ4n) is 6.07. The van der Waals surface area contributed by atoms with E-state index in [4.69, 9.17) is 1.37 Å². The standard InChI is InChI=1S/C28H25FNSSi.C15H18GeN.Ir/c1-18(32(2,3)4)20-13-14-30-26(15-20)22-12-8-11-21-24-16-23(19-9-6-5-7-10-19)25(29)17-27(24)31-28(21)22;1-12-10-15(13-8-6-5-7-9-13)17-11-14(12)16(2,3)4;/h5-11,13-18H,1-4H3;5-8,10-11H,1-4H3;/q2*-1;/i18D;;. The van der Waals surface area contributed by atoms with Gasteiger partial charge in [-0.2, -0.15) is 11.3 Å². The zero-order chi connectivity index (χ0) is 35.8. The number of benzene rings is 4. The maximum atomic E-state index is 15.0. The predicted octanol–water partition coefficient (Wildman–Crippen LogP) is 12.1. The molecule has 0 spiro atoms. The van der Waals surface area contributed by atoms with Crippen LogP contribution in [0.15, 0.2) is 109 Å². The Bertz CT molecular complexity index is 2300. The van der Waals surface area contributed by atoms with Crippen LogP contribution in [-0.2, 0) is 20.1 Å². The topological polar surface area (TPSA) is 25.8 Å². The average Bonchev–Trinajstić information content (AvgIpc) is 3.45. The zero-order valence-electron chi connectivity index (χ0n) is 30.9. The quantitative estimate of drug-likeness (QED) is 0.123. The molecule has 7 heteroatoms. The molecule has 3 aromatic heterocycles. The van der Waals surface area contributed by atoms with Crippen molar-refractivity contribution in [1.82, 2.24) is 9.97 Å². The first-order valence-corrected chi connectivity index (χ1v) is 28.3. The Hall–Kier alpha value is -3.26. The number of pyridine rings is 2. The van der Waals surface area contributed by atoms with Gasteiger partial charge in [-0.1, -0.05) is 73.9 Å². The summed E-state index contributed by atoms with van der Waals surface area (Å²) >= 11 is -0.202. The van der Waals surface area contributed by atoms with E-state index in [9.17, 15) is 0 Å². The summed E-state index contributed by atoms with van der Waals surface area (Å²) in [6.45, 7) is 10.9. The number of rotatable bonds is 6. The number of fused-ring (bicyclic) bond motifs is 3. The van der Waals surface area contributed by atoms with Crippen LogP contribution in [0.25, 0.3) is 53.8 Å². The molecule has 4 aromatic carbocycles. The van der Waals surface area contributed by atoms with Gasteiger partial charge in [0.25, 0.3) is 0 Å². The predicted molar refractivity (Wildman–Crippen MR) is 215 cm³/mol. The number of hydrogen-bond donors (Lipinski definition) is 0. The molecule has 0 saturated carbocycles. The van der Waals surface area contributed by atoms with Gasteiger partial charge in [0.05, 0.1) is 8.07 Å². The van der Waals surface area contributed by atoms with E-state index in [1.165, 1.54) is 9.96 Å². The van der Waals surface area contributed by atoms with E-state index in [1.54, 1.807) is 23.6 Å². The molecule has 50 heavy (non-hydrogen) atoms. The number of thiophene rings is 1. The van der Waals surface area contributed by atoms with Crippen LogP contribution in [0.3, 0.4) is 0 Å². The minimum absolute atomic E-state index is 0. The molecule has 3 heterocycles. The van der Waals surface area contributed by atoms with E-state index in [1.807, 2.05) is 85.8 Å². The van der Waals surface area contributed by atoms with Crippen LogP contribution in [0.1, 0.15) is 24.9 Å². The summed E-state index contributed by atoms with van der Waals surface area (Å²) in [5.41, 5.74) is 7.02. The monoisotopic (exact) mass is 934 g/mol. The third-order valence-electron chi connectivity index (χ3n) is 9.08. The molecule has 1 radical (unpaired) electrons. The Labute approximate surface area is 319 Å². The van der Waals surface area contributed by atoms with Gasteiger partial charge in [-0.3, -0.25) is 0 Å². The molecule has 0 aliphatic rings. The third kappa shape index (κ3) is 8.27. The molecule has 0 aliphatic heterocycles. The summed E-state index contributed by atoms with van der Waals surface area (Å²) in [6, 6.07) is 38.0. The average molecular weight is 933 g/mol. The number of aryl methyl sites for hydroxylation is 1. The Morgan fingerprint density at radius 2 is 1.58 bits per heavy atom. The van der Waals surface area contributed by atoms with Gasteiger partial charge in [-0.15, -0.1) is 23.8 Å². The van der Waals surface area contributed by atoms with Crippen LogP contribution in [0, 0.1) is 24.9 Å². The van der Waals surface area contributed by atoms with E-state index < -0.39 is 26.9 Å². The van der Waals surface area contributed by atoms with Crippen molar-refractivity contribution in [3.63, 3.8) is 0 Å². The Kier molecular flexibility index (Phi) is 11.4. The maximum absolute atomic E-state index is 15.0. The summed E-state index contributed by atoms with van der Waals surface area (Å²) in [4.78, 5) is 9.23. The first kappa shape index (κ1) is 36.5. The molecule has 1 unspecified atom stereocenters. The number of nitrogens with zero attached hydrogens (tertiary/aromatic N) is 2. The summed E-state index contributed by atoms with van der Waals surface area (Å²) in [6.07, 6.45) is 3.87. The van der Waals surface area contributed by atoms with E-state index in [0.717, 1.165) is 53.8 Å². The largest absolute Gasteiger partial charge is 0.305 e. The van der Waals surface area contributed by atoms with Crippen molar-refractivity contribution in [2.45, 2.75) is 56.3 Å². The molecule has 0 bridgehead atoms. The number of hydrogen-bond acceptors (Lipinski definition) is 3. The van der Waals surface area contributed by atoms with Gasteiger partial charge in [-0.25, -0.2) is 4.39 Å². The number of aromatic nitrogens is 2. The zero-order valence-corrected chi connectivity index (χ0v) is 36.2. The molecular weight excluding hydrogens is 888 g/mol. The second kappa shape index (κ2) is 15.5. The molecule has 0 fully saturated rings. The van der Waals surface area contributed by atoms with E-state index in [0.29, 0.717) is 5.56 Å². The van der Waals surface area contributed by atoms with Gasteiger partial charge in [0.15, 0.2) is 0 Å². The van der Waals surface area contributed by atoms with Crippen molar-refractivity contribution in [3.8, 4) is 33.6 Å². The van der Waals surface area contributed by atoms with E-state index in [2.05, 4.69) is 84.3 Å². The van der Waals surface area contributed by atoms with Crippen molar-refractivity contribution >= 4 is 57.2 Å². The van der Waals surface area contributed by atoms with Gasteiger partial charge < -0.3 is 4.98 Å². The van der Waals surface area contributed by atoms with Crippen molar-refractivity contribution < 1.29 is 25.9 Å². The third-order valence-corrected chi connectivity index (χ3v) is 17.3. The maximum Gasteiger partial charge on any atom is 0.132 e. The first-order valence-electron chi connectivity index (χ1n) is 17.2. The molecule has 257 valence electrons. The van der Waals surface area contributed by atoms with Crippen molar-refractivity contribution in [2.75, 3.05) is 0 Å². The number of halogens is 1. The fourth-order valence-corrected chi connectivity index (χ4v) is 11.9. The molecule has 7 aromatic rings. The summed E-state index contributed by atoms with van der Waals surface area (Å²) in [5.74, 6) is 6.99. The van der Waals surface area contributed by atoms with E-state index >= 15 is 4.39 Å². The fraction of sp³-hybridized carbons (Fsp3) is 0.209. The van der Waals surface area contributed by atoms with Crippen molar-refractivity contribution in [1.29, 1.82) is 0 Å².